The summed E-state index contributed by atoms with van der Waals surface area (Å²) in [4.78, 5) is 15.5. The van der Waals surface area contributed by atoms with Crippen LogP contribution in [0.2, 0.25) is 0 Å². The molecular formula is C14H15N3O5S. The second kappa shape index (κ2) is 5.99. The number of ether oxygens (including phenoxy) is 1. The maximum atomic E-state index is 12.3. The third-order valence-electron chi connectivity index (χ3n) is 3.27. The van der Waals surface area contributed by atoms with Gasteiger partial charge in [-0.25, -0.2) is 17.9 Å². The number of anilines is 1. The Kier molecular flexibility index (Phi) is 4.03. The predicted molar refractivity (Wildman–Crippen MR) is 79.5 cm³/mol. The highest BCUT2D eigenvalue weighted by Crippen LogP contribution is 2.39. The van der Waals surface area contributed by atoms with E-state index in [9.17, 15) is 13.2 Å². The van der Waals surface area contributed by atoms with Gasteiger partial charge in [-0.15, -0.1) is 0 Å². The van der Waals surface area contributed by atoms with E-state index in [1.165, 1.54) is 24.3 Å². The quantitative estimate of drug-likeness (QED) is 0.801. The van der Waals surface area contributed by atoms with E-state index in [2.05, 4.69) is 14.9 Å². The van der Waals surface area contributed by atoms with Crippen molar-refractivity contribution in [1.29, 1.82) is 0 Å². The fraction of sp³-hybridized carbons (Fsp3) is 0.357. The molecule has 1 aromatic carbocycles. The van der Waals surface area contributed by atoms with E-state index in [1.54, 1.807) is 6.92 Å². The van der Waals surface area contributed by atoms with Crippen LogP contribution in [0.5, 0.6) is 0 Å². The number of sulfonamides is 1. The molecule has 0 saturated heterocycles. The van der Waals surface area contributed by atoms with Gasteiger partial charge >= 0.3 is 5.97 Å². The zero-order valence-corrected chi connectivity index (χ0v) is 13.2. The number of rotatable bonds is 6. The Labute approximate surface area is 132 Å². The van der Waals surface area contributed by atoms with Crippen LogP contribution in [0.1, 0.15) is 41.9 Å². The van der Waals surface area contributed by atoms with E-state index in [0.717, 1.165) is 12.8 Å². The van der Waals surface area contributed by atoms with Gasteiger partial charge in [0.15, 0.2) is 0 Å². The zero-order valence-electron chi connectivity index (χ0n) is 12.4. The maximum Gasteiger partial charge on any atom is 0.338 e. The highest BCUT2D eigenvalue weighted by atomic mass is 32.2. The largest absolute Gasteiger partial charge is 0.462 e. The van der Waals surface area contributed by atoms with Gasteiger partial charge in [0, 0.05) is 5.92 Å². The number of aromatic nitrogens is 2. The number of esters is 1. The van der Waals surface area contributed by atoms with Gasteiger partial charge in [0.05, 0.1) is 17.1 Å². The van der Waals surface area contributed by atoms with Gasteiger partial charge < -0.3 is 9.26 Å². The van der Waals surface area contributed by atoms with Crippen LogP contribution in [-0.4, -0.2) is 31.1 Å². The topological polar surface area (TPSA) is 111 Å². The van der Waals surface area contributed by atoms with Gasteiger partial charge in [-0.3, -0.25) is 0 Å². The van der Waals surface area contributed by atoms with E-state index in [0.29, 0.717) is 5.89 Å². The number of nitrogens with zero attached hydrogens (tertiary/aromatic N) is 2. The average molecular weight is 337 g/mol. The highest BCUT2D eigenvalue weighted by molar-refractivity contribution is 7.92. The summed E-state index contributed by atoms with van der Waals surface area (Å²) in [5.74, 6) is 0.0861. The Bertz CT molecular complexity index is 809. The van der Waals surface area contributed by atoms with Gasteiger partial charge in [0.1, 0.15) is 0 Å². The smallest absolute Gasteiger partial charge is 0.338 e. The van der Waals surface area contributed by atoms with Gasteiger partial charge in [0.2, 0.25) is 5.89 Å². The minimum Gasteiger partial charge on any atom is -0.462 e. The van der Waals surface area contributed by atoms with Crippen LogP contribution in [0, 0.1) is 0 Å². The summed E-state index contributed by atoms with van der Waals surface area (Å²) in [7, 11) is -3.85. The summed E-state index contributed by atoms with van der Waals surface area (Å²) in [6.07, 6.45) is 1.95. The van der Waals surface area contributed by atoms with E-state index in [-0.39, 0.29) is 28.9 Å². The molecular weight excluding hydrogens is 322 g/mol. The predicted octanol–water partition coefficient (Wildman–Crippen LogP) is 1.92. The molecule has 1 N–H and O–H groups in total. The van der Waals surface area contributed by atoms with Gasteiger partial charge in [0.25, 0.3) is 16.0 Å². The Balaban J connectivity index is 1.74. The monoisotopic (exact) mass is 337 g/mol. The summed E-state index contributed by atoms with van der Waals surface area (Å²) in [6.45, 7) is 1.95. The third-order valence-corrected chi connectivity index (χ3v) is 4.61. The molecule has 1 saturated carbocycles. The Morgan fingerprint density at radius 3 is 2.65 bits per heavy atom. The molecule has 0 aliphatic heterocycles. The Hall–Kier alpha value is -2.42. The molecule has 0 amide bonds. The molecule has 0 radical (unpaired) electrons. The highest BCUT2D eigenvalue weighted by Gasteiger charge is 2.30. The molecule has 0 unspecified atom stereocenters. The lowest BCUT2D eigenvalue weighted by Crippen LogP contribution is -2.14. The van der Waals surface area contributed by atoms with Crippen LogP contribution >= 0.6 is 0 Å². The molecule has 1 aliphatic rings. The first-order chi connectivity index (χ1) is 11.0. The summed E-state index contributed by atoms with van der Waals surface area (Å²) in [6, 6.07) is 5.41. The van der Waals surface area contributed by atoms with E-state index >= 15 is 0 Å². The van der Waals surface area contributed by atoms with E-state index < -0.39 is 16.0 Å². The molecule has 9 heteroatoms. The molecule has 1 aromatic heterocycles. The summed E-state index contributed by atoms with van der Waals surface area (Å²) < 4.78 is 36.6. The van der Waals surface area contributed by atoms with Gasteiger partial charge in [-0.05, 0) is 49.2 Å². The van der Waals surface area contributed by atoms with E-state index in [1.807, 2.05) is 0 Å². The average Bonchev–Trinajstić information content (AvgIpc) is 3.28. The number of benzene rings is 1. The van der Waals surface area contributed by atoms with Crippen LogP contribution in [0.25, 0.3) is 0 Å². The fourth-order valence-corrected chi connectivity index (χ4v) is 2.87. The minimum atomic E-state index is -3.85. The van der Waals surface area contributed by atoms with Crippen molar-refractivity contribution in [3.63, 3.8) is 0 Å². The SMILES string of the molecule is CCOC(=O)c1ccc(S(=O)(=O)Nc2noc(C3CC3)n2)cc1. The number of hydrogen-bond acceptors (Lipinski definition) is 7. The van der Waals surface area contributed by atoms with Crippen molar-refractivity contribution in [2.45, 2.75) is 30.6 Å². The van der Waals surface area contributed by atoms with Crippen LogP contribution in [0.4, 0.5) is 5.95 Å². The molecule has 122 valence electrons. The molecule has 1 aliphatic carbocycles. The number of carbonyl (C=O) groups is 1. The Morgan fingerprint density at radius 2 is 2.04 bits per heavy atom. The lowest BCUT2D eigenvalue weighted by atomic mass is 10.2. The standard InChI is InChI=1S/C14H15N3O5S/c1-2-21-13(18)10-5-7-11(8-6-10)23(19,20)17-14-15-12(22-16-14)9-3-4-9/h5-9H,2-4H2,1H3,(H,16,17). The summed E-state index contributed by atoms with van der Waals surface area (Å²) >= 11 is 0. The second-order valence-electron chi connectivity index (χ2n) is 5.08. The van der Waals surface area contributed by atoms with Crippen molar-refractivity contribution in [2.75, 3.05) is 11.3 Å². The van der Waals surface area contributed by atoms with Crippen molar-refractivity contribution < 1.29 is 22.5 Å². The van der Waals surface area contributed by atoms with Gasteiger partial charge in [-0.1, -0.05) is 0 Å². The number of nitrogens with one attached hydrogen (secondary N) is 1. The molecule has 1 heterocycles. The first-order valence-corrected chi connectivity index (χ1v) is 8.61. The molecule has 0 bridgehead atoms. The molecule has 8 nitrogen and oxygen atoms in total. The molecule has 0 spiro atoms. The summed E-state index contributed by atoms with van der Waals surface area (Å²) in [5, 5.41) is 3.61. The molecule has 0 atom stereocenters. The lowest BCUT2D eigenvalue weighted by molar-refractivity contribution is 0.0526. The van der Waals surface area contributed by atoms with Crippen molar-refractivity contribution in [3.05, 3.63) is 35.7 Å². The third kappa shape index (κ3) is 3.50. The number of hydrogen-bond donors (Lipinski definition) is 1. The van der Waals surface area contributed by atoms with Crippen LogP contribution in [0.15, 0.2) is 33.7 Å². The molecule has 2 aromatic rings. The maximum absolute atomic E-state index is 12.3. The second-order valence-corrected chi connectivity index (χ2v) is 6.76. The lowest BCUT2D eigenvalue weighted by Gasteiger charge is -2.05. The fourth-order valence-electron chi connectivity index (χ4n) is 1.94. The van der Waals surface area contributed by atoms with Crippen LogP contribution < -0.4 is 4.72 Å². The zero-order chi connectivity index (χ0) is 16.4. The first kappa shape index (κ1) is 15.5. The number of carbonyl (C=O) groups excluding carboxylic acids is 1. The Morgan fingerprint density at radius 1 is 1.35 bits per heavy atom. The summed E-state index contributed by atoms with van der Waals surface area (Å²) in [5.41, 5.74) is 0.279. The van der Waals surface area contributed by atoms with Crippen molar-refractivity contribution in [1.82, 2.24) is 10.1 Å². The molecule has 23 heavy (non-hydrogen) atoms. The first-order valence-electron chi connectivity index (χ1n) is 7.13. The van der Waals surface area contributed by atoms with Gasteiger partial charge in [-0.2, -0.15) is 4.98 Å². The van der Waals surface area contributed by atoms with E-state index in [4.69, 9.17) is 9.26 Å². The van der Waals surface area contributed by atoms with Crippen molar-refractivity contribution >= 4 is 21.9 Å². The normalized spacial score (nSPS) is 14.5. The van der Waals surface area contributed by atoms with Crippen molar-refractivity contribution in [3.8, 4) is 0 Å². The van der Waals surface area contributed by atoms with Crippen molar-refractivity contribution in [2.24, 2.45) is 0 Å². The van der Waals surface area contributed by atoms with Crippen LogP contribution in [-0.2, 0) is 14.8 Å². The van der Waals surface area contributed by atoms with Crippen LogP contribution in [0.3, 0.4) is 0 Å². The minimum absolute atomic E-state index is 0.0108. The molecule has 3 rings (SSSR count). The molecule has 1 fully saturated rings.